The molecule has 7 nitrogen and oxygen atoms in total. The Labute approximate surface area is 202 Å². The monoisotopic (exact) mass is 488 g/mol. The zero-order valence-corrected chi connectivity index (χ0v) is 21.2. The van der Waals surface area contributed by atoms with Crippen LogP contribution < -0.4 is 15.4 Å². The van der Waals surface area contributed by atoms with E-state index in [1.807, 2.05) is 37.3 Å². The number of unbranched alkanes of at least 4 members (excludes halogenated alkanes) is 1. The van der Waals surface area contributed by atoms with Crippen LogP contribution in [-0.4, -0.2) is 43.9 Å². The number of sulfone groups is 1. The molecule has 0 fully saturated rings. The predicted molar refractivity (Wildman–Crippen MR) is 133 cm³/mol. The number of nitrogens with one attached hydrogen (secondary N) is 2. The second kappa shape index (κ2) is 10.9. The molecule has 186 valence electrons. The minimum absolute atomic E-state index is 0.0115. The van der Waals surface area contributed by atoms with Crippen LogP contribution in [0.3, 0.4) is 0 Å². The van der Waals surface area contributed by atoms with E-state index in [-0.39, 0.29) is 23.2 Å². The Kier molecular flexibility index (Phi) is 8.38. The van der Waals surface area contributed by atoms with Crippen molar-refractivity contribution < 1.29 is 23.1 Å². The van der Waals surface area contributed by atoms with Crippen LogP contribution in [0.15, 0.2) is 47.4 Å². The molecule has 1 heterocycles. The quantitative estimate of drug-likeness (QED) is 0.463. The Morgan fingerprint density at radius 3 is 2.56 bits per heavy atom. The summed E-state index contributed by atoms with van der Waals surface area (Å²) in [5.41, 5.74) is 1.70. The standard InChI is InChI=1S/C26H36N2O5S/c1-5-7-13-26(6-2)17-34(31,32)23-14-20(16-27-18(3)25(29)30)22(33-4)15-21(23)24(28-26)19-11-9-8-10-12-19/h8-12,14-15,18,24,27-28H,5-7,13,16-17H2,1-4H3,(H,29,30)/t18-,24-,26-/m1/s1. The van der Waals surface area contributed by atoms with E-state index in [4.69, 9.17) is 4.74 Å². The molecular formula is C26H36N2O5S. The second-order valence-corrected chi connectivity index (χ2v) is 11.1. The molecule has 34 heavy (non-hydrogen) atoms. The lowest BCUT2D eigenvalue weighted by atomic mass is 9.88. The highest BCUT2D eigenvalue weighted by molar-refractivity contribution is 7.91. The van der Waals surface area contributed by atoms with Gasteiger partial charge in [0, 0.05) is 17.6 Å². The second-order valence-electron chi connectivity index (χ2n) is 9.13. The molecule has 0 saturated carbocycles. The summed E-state index contributed by atoms with van der Waals surface area (Å²) in [5.74, 6) is -0.435. The molecule has 0 radical (unpaired) electrons. The highest BCUT2D eigenvalue weighted by Crippen LogP contribution is 2.40. The van der Waals surface area contributed by atoms with Crippen molar-refractivity contribution in [2.75, 3.05) is 12.9 Å². The third kappa shape index (κ3) is 5.62. The van der Waals surface area contributed by atoms with E-state index in [9.17, 15) is 18.3 Å². The van der Waals surface area contributed by atoms with Crippen molar-refractivity contribution in [3.63, 3.8) is 0 Å². The lowest BCUT2D eigenvalue weighted by molar-refractivity contribution is -0.139. The van der Waals surface area contributed by atoms with Gasteiger partial charge in [-0.2, -0.15) is 0 Å². The lowest BCUT2D eigenvalue weighted by Crippen LogP contribution is -2.50. The average molecular weight is 489 g/mol. The summed E-state index contributed by atoms with van der Waals surface area (Å²) in [7, 11) is -2.09. The largest absolute Gasteiger partial charge is 0.496 e. The highest BCUT2D eigenvalue weighted by atomic mass is 32.2. The Bertz CT molecular complexity index is 1100. The number of hydrogen-bond acceptors (Lipinski definition) is 6. The first-order valence-corrected chi connectivity index (χ1v) is 13.5. The smallest absolute Gasteiger partial charge is 0.320 e. The van der Waals surface area contributed by atoms with E-state index in [1.54, 1.807) is 26.2 Å². The highest BCUT2D eigenvalue weighted by Gasteiger charge is 2.42. The Balaban J connectivity index is 2.18. The van der Waals surface area contributed by atoms with Crippen LogP contribution in [0, 0.1) is 0 Å². The number of methoxy groups -OCH3 is 1. The first-order valence-electron chi connectivity index (χ1n) is 11.9. The third-order valence-electron chi connectivity index (χ3n) is 6.76. The number of carboxylic acid groups (broad SMARTS) is 1. The number of carbonyl (C=O) groups is 1. The van der Waals surface area contributed by atoms with Gasteiger partial charge in [-0.25, -0.2) is 8.42 Å². The maximum absolute atomic E-state index is 13.8. The SMILES string of the molecule is CCCC[C@]1(CC)CS(=O)(=O)c2cc(CN[C@H](C)C(=O)O)c(OC)cc2[C@@H](c2ccccc2)N1. The number of ether oxygens (including phenoxy) is 1. The molecule has 0 bridgehead atoms. The van der Waals surface area contributed by atoms with Crippen molar-refractivity contribution >= 4 is 15.8 Å². The van der Waals surface area contributed by atoms with Gasteiger partial charge in [0.15, 0.2) is 9.84 Å². The molecule has 3 N–H and O–H groups in total. The van der Waals surface area contributed by atoms with E-state index in [0.29, 0.717) is 23.3 Å². The van der Waals surface area contributed by atoms with E-state index in [0.717, 1.165) is 24.8 Å². The van der Waals surface area contributed by atoms with E-state index in [1.165, 1.54) is 0 Å². The number of hydrogen-bond donors (Lipinski definition) is 3. The summed E-state index contributed by atoms with van der Waals surface area (Å²) < 4.78 is 33.3. The van der Waals surface area contributed by atoms with E-state index >= 15 is 0 Å². The summed E-state index contributed by atoms with van der Waals surface area (Å²) >= 11 is 0. The Morgan fingerprint density at radius 1 is 1.26 bits per heavy atom. The fourth-order valence-electron chi connectivity index (χ4n) is 4.61. The molecule has 0 spiro atoms. The van der Waals surface area contributed by atoms with Crippen LogP contribution in [0.5, 0.6) is 5.75 Å². The van der Waals surface area contributed by atoms with E-state index in [2.05, 4.69) is 17.6 Å². The van der Waals surface area contributed by atoms with Gasteiger partial charge in [-0.05, 0) is 43.0 Å². The number of fused-ring (bicyclic) bond motifs is 1. The minimum Gasteiger partial charge on any atom is -0.496 e. The van der Waals surface area contributed by atoms with Crippen LogP contribution in [0.25, 0.3) is 0 Å². The Morgan fingerprint density at radius 2 is 1.97 bits per heavy atom. The molecule has 0 aromatic heterocycles. The van der Waals surface area contributed by atoms with Crippen molar-refractivity contribution in [1.29, 1.82) is 0 Å². The van der Waals surface area contributed by atoms with Gasteiger partial charge in [0.05, 0.1) is 23.8 Å². The van der Waals surface area contributed by atoms with Crippen LogP contribution in [0.1, 0.15) is 69.2 Å². The molecule has 1 aliphatic rings. The molecule has 0 aliphatic carbocycles. The van der Waals surface area contributed by atoms with Crippen LogP contribution in [0.2, 0.25) is 0 Å². The summed E-state index contributed by atoms with van der Waals surface area (Å²) in [6, 6.07) is 12.2. The molecule has 8 heteroatoms. The molecule has 1 aliphatic heterocycles. The van der Waals surface area contributed by atoms with Gasteiger partial charge in [-0.1, -0.05) is 57.0 Å². The first-order chi connectivity index (χ1) is 16.2. The zero-order chi connectivity index (χ0) is 24.9. The van der Waals surface area contributed by atoms with Gasteiger partial charge < -0.3 is 15.2 Å². The summed E-state index contributed by atoms with van der Waals surface area (Å²) in [4.78, 5) is 11.5. The maximum atomic E-state index is 13.8. The Hall–Kier alpha value is -2.42. The van der Waals surface area contributed by atoms with E-state index < -0.39 is 27.4 Å². The predicted octanol–water partition coefficient (Wildman–Crippen LogP) is 4.06. The van der Waals surface area contributed by atoms with Gasteiger partial charge in [0.2, 0.25) is 0 Å². The van der Waals surface area contributed by atoms with Gasteiger partial charge in [-0.15, -0.1) is 0 Å². The normalized spacial score (nSPS) is 22.4. The topological polar surface area (TPSA) is 105 Å². The first kappa shape index (κ1) is 26.2. The number of aliphatic carboxylic acids is 1. The fraction of sp³-hybridized carbons (Fsp3) is 0.500. The molecule has 0 unspecified atom stereocenters. The van der Waals surface area contributed by atoms with Gasteiger partial charge in [0.1, 0.15) is 11.8 Å². The van der Waals surface area contributed by atoms with Crippen LogP contribution in [-0.2, 0) is 21.2 Å². The van der Waals surface area contributed by atoms with Gasteiger partial charge >= 0.3 is 5.97 Å². The fourth-order valence-corrected chi connectivity index (χ4v) is 6.78. The van der Waals surface area contributed by atoms with Crippen molar-refractivity contribution in [2.24, 2.45) is 0 Å². The molecule has 3 atom stereocenters. The minimum atomic E-state index is -3.63. The molecular weight excluding hydrogens is 452 g/mol. The van der Waals surface area contributed by atoms with Gasteiger partial charge in [0.25, 0.3) is 0 Å². The molecule has 0 saturated heterocycles. The molecule has 0 amide bonds. The zero-order valence-electron chi connectivity index (χ0n) is 20.4. The molecule has 3 rings (SSSR count). The third-order valence-corrected chi connectivity index (χ3v) is 8.72. The average Bonchev–Trinajstić information content (AvgIpc) is 2.93. The molecule has 2 aromatic rings. The van der Waals surface area contributed by atoms with Crippen molar-refractivity contribution in [3.05, 3.63) is 59.2 Å². The maximum Gasteiger partial charge on any atom is 0.320 e. The number of carboxylic acids is 1. The lowest BCUT2D eigenvalue weighted by Gasteiger charge is -2.36. The summed E-state index contributed by atoms with van der Waals surface area (Å²) in [6.45, 7) is 5.88. The van der Waals surface area contributed by atoms with Crippen LogP contribution in [0.4, 0.5) is 0 Å². The van der Waals surface area contributed by atoms with Crippen molar-refractivity contribution in [1.82, 2.24) is 10.6 Å². The van der Waals surface area contributed by atoms with Crippen molar-refractivity contribution in [3.8, 4) is 5.75 Å². The van der Waals surface area contributed by atoms with Crippen molar-refractivity contribution in [2.45, 2.75) is 75.5 Å². The van der Waals surface area contributed by atoms with Gasteiger partial charge in [-0.3, -0.25) is 10.1 Å². The summed E-state index contributed by atoms with van der Waals surface area (Å²) in [6.07, 6.45) is 3.36. The number of benzene rings is 2. The molecule has 2 aromatic carbocycles. The number of rotatable bonds is 10. The van der Waals surface area contributed by atoms with Crippen LogP contribution >= 0.6 is 0 Å². The summed E-state index contributed by atoms with van der Waals surface area (Å²) in [5, 5.41) is 15.9.